The number of carbonyl (C=O) groups excluding carboxylic acids is 1. The topological polar surface area (TPSA) is 26.3 Å². The predicted octanol–water partition coefficient (Wildman–Crippen LogP) is 3.57. The van der Waals surface area contributed by atoms with Crippen LogP contribution in [0.1, 0.15) is 17.3 Å². The van der Waals surface area contributed by atoms with E-state index in [1.807, 2.05) is 31.2 Å². The van der Waals surface area contributed by atoms with Crippen molar-refractivity contribution in [2.75, 3.05) is 6.61 Å². The molecule has 2 heteroatoms. The van der Waals surface area contributed by atoms with Crippen molar-refractivity contribution >= 4 is 6.29 Å². The quantitative estimate of drug-likeness (QED) is 0.549. The molecule has 0 aliphatic carbocycles. The fourth-order valence-corrected chi connectivity index (χ4v) is 1.26. The van der Waals surface area contributed by atoms with Crippen LogP contribution in [0.3, 0.4) is 0 Å². The van der Waals surface area contributed by atoms with Crippen molar-refractivity contribution in [3.63, 3.8) is 0 Å². The number of benzene rings is 1. The van der Waals surface area contributed by atoms with Gasteiger partial charge < -0.3 is 4.74 Å². The van der Waals surface area contributed by atoms with Crippen molar-refractivity contribution in [1.29, 1.82) is 0 Å². The molecule has 0 saturated carbocycles. The van der Waals surface area contributed by atoms with Crippen LogP contribution >= 0.6 is 0 Å². The second kappa shape index (κ2) is 7.23. The Morgan fingerprint density at radius 2 is 2.29 bits per heavy atom. The number of aldehydes is 1. The lowest BCUT2D eigenvalue weighted by Crippen LogP contribution is -1.99. The monoisotopic (exact) mass is 228 g/mol. The third-order valence-corrected chi connectivity index (χ3v) is 2.22. The third-order valence-electron chi connectivity index (χ3n) is 2.22. The zero-order valence-corrected chi connectivity index (χ0v) is 9.93. The van der Waals surface area contributed by atoms with Crippen LogP contribution in [-0.4, -0.2) is 12.9 Å². The van der Waals surface area contributed by atoms with Gasteiger partial charge in [-0.1, -0.05) is 43.0 Å². The molecule has 0 aromatic heterocycles. The van der Waals surface area contributed by atoms with Gasteiger partial charge in [0.25, 0.3) is 0 Å². The van der Waals surface area contributed by atoms with Gasteiger partial charge in [0.15, 0.2) is 0 Å². The second-order valence-electron chi connectivity index (χ2n) is 3.44. The molecule has 0 radical (unpaired) electrons. The molecule has 1 aromatic carbocycles. The molecule has 0 unspecified atom stereocenters. The van der Waals surface area contributed by atoms with Crippen LogP contribution in [0.2, 0.25) is 0 Å². The molecule has 0 fully saturated rings. The summed E-state index contributed by atoms with van der Waals surface area (Å²) in [5.74, 6) is 0.695. The maximum atomic E-state index is 10.6. The molecule has 2 nitrogen and oxygen atoms in total. The Labute approximate surface area is 102 Å². The SMILES string of the molecule is C=C/C=C\C(=C/C)COc1cccc(C=O)c1. The molecule has 17 heavy (non-hydrogen) atoms. The molecule has 0 amide bonds. The molecule has 0 saturated heterocycles. The summed E-state index contributed by atoms with van der Waals surface area (Å²) in [6.45, 7) is 6.04. The largest absolute Gasteiger partial charge is 0.489 e. The fraction of sp³-hybridized carbons (Fsp3) is 0.133. The number of hydrogen-bond acceptors (Lipinski definition) is 2. The van der Waals surface area contributed by atoms with E-state index in [-0.39, 0.29) is 0 Å². The Bertz CT molecular complexity index is 442. The van der Waals surface area contributed by atoms with Crippen LogP contribution in [0.5, 0.6) is 5.75 Å². The molecule has 0 heterocycles. The maximum Gasteiger partial charge on any atom is 0.150 e. The molecule has 0 atom stereocenters. The normalized spacial score (nSPS) is 11.5. The predicted molar refractivity (Wildman–Crippen MR) is 70.4 cm³/mol. The molecule has 88 valence electrons. The average molecular weight is 228 g/mol. The highest BCUT2D eigenvalue weighted by Gasteiger charge is 1.97. The molecule has 1 rings (SSSR count). The molecule has 1 aromatic rings. The van der Waals surface area contributed by atoms with Gasteiger partial charge in [-0.2, -0.15) is 0 Å². The van der Waals surface area contributed by atoms with Crippen LogP contribution in [0.4, 0.5) is 0 Å². The number of rotatable bonds is 6. The number of allylic oxidation sites excluding steroid dienone is 3. The maximum absolute atomic E-state index is 10.6. The molecule has 0 aliphatic heterocycles. The van der Waals surface area contributed by atoms with Crippen molar-refractivity contribution in [2.45, 2.75) is 6.92 Å². The van der Waals surface area contributed by atoms with Crippen molar-refractivity contribution in [2.24, 2.45) is 0 Å². The smallest absolute Gasteiger partial charge is 0.150 e. The summed E-state index contributed by atoms with van der Waals surface area (Å²) >= 11 is 0. The van der Waals surface area contributed by atoms with E-state index < -0.39 is 0 Å². The summed E-state index contributed by atoms with van der Waals surface area (Å²) in [6, 6.07) is 7.09. The third kappa shape index (κ3) is 4.51. The van der Waals surface area contributed by atoms with Gasteiger partial charge in [-0.15, -0.1) is 0 Å². The first-order valence-electron chi connectivity index (χ1n) is 5.42. The van der Waals surface area contributed by atoms with Gasteiger partial charge in [0.1, 0.15) is 18.6 Å². The minimum atomic E-state index is 0.475. The van der Waals surface area contributed by atoms with Crippen molar-refractivity contribution < 1.29 is 9.53 Å². The van der Waals surface area contributed by atoms with Gasteiger partial charge in [-0.25, -0.2) is 0 Å². The fourth-order valence-electron chi connectivity index (χ4n) is 1.26. The number of carbonyl (C=O) groups is 1. The first-order chi connectivity index (χ1) is 8.30. The van der Waals surface area contributed by atoms with E-state index in [1.54, 1.807) is 24.3 Å². The Kier molecular flexibility index (Phi) is 5.52. The minimum absolute atomic E-state index is 0.475. The molecule has 0 bridgehead atoms. The molecule has 0 spiro atoms. The van der Waals surface area contributed by atoms with Crippen LogP contribution in [0, 0.1) is 0 Å². The van der Waals surface area contributed by atoms with E-state index >= 15 is 0 Å². The molecule has 0 N–H and O–H groups in total. The first-order valence-corrected chi connectivity index (χ1v) is 5.42. The Hall–Kier alpha value is -2.09. The van der Waals surface area contributed by atoms with Gasteiger partial charge in [-0.05, 0) is 24.6 Å². The lowest BCUT2D eigenvalue weighted by atomic mass is 10.2. The van der Waals surface area contributed by atoms with Crippen molar-refractivity contribution in [3.8, 4) is 5.75 Å². The standard InChI is InChI=1S/C15H16O2/c1-3-5-7-13(4-2)12-17-15-9-6-8-14(10-15)11-16/h3-11H,1,12H2,2H3/b7-5-,13-4+. The van der Waals surface area contributed by atoms with E-state index in [0.717, 1.165) is 11.9 Å². The Morgan fingerprint density at radius 3 is 2.94 bits per heavy atom. The van der Waals surface area contributed by atoms with Crippen LogP contribution in [0.25, 0.3) is 0 Å². The van der Waals surface area contributed by atoms with Crippen LogP contribution in [-0.2, 0) is 0 Å². The average Bonchev–Trinajstić information content (AvgIpc) is 2.39. The highest BCUT2D eigenvalue weighted by Crippen LogP contribution is 2.13. The molecular formula is C15H16O2. The Balaban J connectivity index is 2.62. The summed E-state index contributed by atoms with van der Waals surface area (Å²) in [5, 5.41) is 0. The highest BCUT2D eigenvalue weighted by atomic mass is 16.5. The van der Waals surface area contributed by atoms with E-state index in [2.05, 4.69) is 6.58 Å². The Morgan fingerprint density at radius 1 is 1.47 bits per heavy atom. The van der Waals surface area contributed by atoms with E-state index in [0.29, 0.717) is 17.9 Å². The first kappa shape index (κ1) is 13.0. The van der Waals surface area contributed by atoms with Gasteiger partial charge in [-0.3, -0.25) is 4.79 Å². The summed E-state index contributed by atoms with van der Waals surface area (Å²) in [4.78, 5) is 10.6. The zero-order chi connectivity index (χ0) is 12.5. The lowest BCUT2D eigenvalue weighted by molar-refractivity contribution is 0.112. The van der Waals surface area contributed by atoms with Crippen molar-refractivity contribution in [1.82, 2.24) is 0 Å². The van der Waals surface area contributed by atoms with Crippen LogP contribution < -0.4 is 4.74 Å². The zero-order valence-electron chi connectivity index (χ0n) is 9.93. The summed E-state index contributed by atoms with van der Waals surface area (Å²) in [5.41, 5.74) is 1.67. The minimum Gasteiger partial charge on any atom is -0.489 e. The molecule has 0 aliphatic rings. The van der Waals surface area contributed by atoms with Gasteiger partial charge >= 0.3 is 0 Å². The van der Waals surface area contributed by atoms with Crippen LogP contribution in [0.15, 0.2) is 60.7 Å². The summed E-state index contributed by atoms with van der Waals surface area (Å²) in [6.07, 6.45) is 8.30. The molecular weight excluding hydrogens is 212 g/mol. The van der Waals surface area contributed by atoms with Gasteiger partial charge in [0.2, 0.25) is 0 Å². The van der Waals surface area contributed by atoms with Gasteiger partial charge in [0.05, 0.1) is 0 Å². The van der Waals surface area contributed by atoms with E-state index in [4.69, 9.17) is 4.74 Å². The lowest BCUT2D eigenvalue weighted by Gasteiger charge is -2.06. The second-order valence-corrected chi connectivity index (χ2v) is 3.44. The van der Waals surface area contributed by atoms with Crippen molar-refractivity contribution in [3.05, 3.63) is 66.3 Å². The van der Waals surface area contributed by atoms with E-state index in [9.17, 15) is 4.79 Å². The number of hydrogen-bond donors (Lipinski definition) is 0. The van der Waals surface area contributed by atoms with E-state index in [1.165, 1.54) is 0 Å². The number of ether oxygens (including phenoxy) is 1. The summed E-state index contributed by atoms with van der Waals surface area (Å²) < 4.78 is 5.59. The van der Waals surface area contributed by atoms with Gasteiger partial charge in [0, 0.05) is 5.56 Å². The summed E-state index contributed by atoms with van der Waals surface area (Å²) in [7, 11) is 0. The highest BCUT2D eigenvalue weighted by molar-refractivity contribution is 5.75.